The molecule has 2 N–H and O–H groups in total. The molecule has 1 heterocycles. The molecule has 0 aliphatic carbocycles. The maximum Gasteiger partial charge on any atom is 0.326 e. The first kappa shape index (κ1) is 14.2. The van der Waals surface area contributed by atoms with Crippen LogP contribution in [0.3, 0.4) is 0 Å². The smallest absolute Gasteiger partial charge is 0.326 e. The molecular weight excluding hydrogens is 238 g/mol. The number of carboxylic acid groups (broad SMARTS) is 1. The summed E-state index contributed by atoms with van der Waals surface area (Å²) in [6, 6.07) is -0.956. The average Bonchev–Trinajstić information content (AvgIpc) is 2.82. The van der Waals surface area contributed by atoms with E-state index in [0.29, 0.717) is 12.1 Å². The summed E-state index contributed by atoms with van der Waals surface area (Å²) >= 11 is 0. The molecule has 1 aromatic heterocycles. The molecule has 1 aromatic rings. The van der Waals surface area contributed by atoms with Crippen molar-refractivity contribution in [2.24, 2.45) is 0 Å². The van der Waals surface area contributed by atoms with Crippen LogP contribution in [0, 0.1) is 0 Å². The number of methoxy groups -OCH3 is 1. The Labute approximate surface area is 105 Å². The molecule has 100 valence electrons. The van der Waals surface area contributed by atoms with Gasteiger partial charge in [-0.25, -0.2) is 4.79 Å². The van der Waals surface area contributed by atoms with Crippen LogP contribution in [0.5, 0.6) is 0 Å². The maximum absolute atomic E-state index is 11.8. The van der Waals surface area contributed by atoms with E-state index in [-0.39, 0.29) is 13.0 Å². The predicted molar refractivity (Wildman–Crippen MR) is 63.3 cm³/mol. The largest absolute Gasteiger partial charge is 0.480 e. The summed E-state index contributed by atoms with van der Waals surface area (Å²) in [5.74, 6) is -1.53. The van der Waals surface area contributed by atoms with Crippen molar-refractivity contribution in [3.05, 3.63) is 18.0 Å². The lowest BCUT2D eigenvalue weighted by molar-refractivity contribution is -0.139. The number of carboxylic acids is 1. The molecule has 0 bridgehead atoms. The number of amides is 1. The summed E-state index contributed by atoms with van der Waals surface area (Å²) < 4.78 is 6.40. The first-order valence-corrected chi connectivity index (χ1v) is 5.63. The van der Waals surface area contributed by atoms with Gasteiger partial charge in [-0.05, 0) is 6.92 Å². The molecule has 0 fully saturated rings. The monoisotopic (exact) mass is 255 g/mol. The van der Waals surface area contributed by atoms with Crippen LogP contribution in [-0.4, -0.2) is 46.5 Å². The topological polar surface area (TPSA) is 93.5 Å². The number of rotatable bonds is 7. The zero-order valence-electron chi connectivity index (χ0n) is 10.4. The standard InChI is InChI=1S/C11H17N3O4/c1-3-14-7-8(6-12-14)10(15)13-9(11(16)17)4-5-18-2/h6-7,9H,3-5H2,1-2H3,(H,13,15)(H,16,17). The lowest BCUT2D eigenvalue weighted by atomic mass is 10.2. The number of hydrogen-bond donors (Lipinski definition) is 2. The minimum absolute atomic E-state index is 0.222. The van der Waals surface area contributed by atoms with E-state index in [1.54, 1.807) is 10.9 Å². The van der Waals surface area contributed by atoms with E-state index in [9.17, 15) is 9.59 Å². The van der Waals surface area contributed by atoms with E-state index in [1.165, 1.54) is 13.3 Å². The molecule has 0 saturated carbocycles. The first-order valence-electron chi connectivity index (χ1n) is 5.63. The quantitative estimate of drug-likeness (QED) is 0.722. The number of nitrogens with zero attached hydrogens (tertiary/aromatic N) is 2. The van der Waals surface area contributed by atoms with Crippen LogP contribution < -0.4 is 5.32 Å². The molecule has 1 unspecified atom stereocenters. The van der Waals surface area contributed by atoms with E-state index in [1.807, 2.05) is 6.92 Å². The van der Waals surface area contributed by atoms with Gasteiger partial charge in [0.15, 0.2) is 0 Å². The van der Waals surface area contributed by atoms with Gasteiger partial charge < -0.3 is 15.2 Å². The Morgan fingerprint density at radius 2 is 2.33 bits per heavy atom. The molecule has 7 heteroatoms. The highest BCUT2D eigenvalue weighted by molar-refractivity contribution is 5.96. The zero-order chi connectivity index (χ0) is 13.5. The number of aliphatic carboxylic acids is 1. The van der Waals surface area contributed by atoms with Crippen LogP contribution in [0.25, 0.3) is 0 Å². The molecule has 0 saturated heterocycles. The van der Waals surface area contributed by atoms with Crippen molar-refractivity contribution in [1.29, 1.82) is 0 Å². The van der Waals surface area contributed by atoms with Crippen LogP contribution in [0.4, 0.5) is 0 Å². The van der Waals surface area contributed by atoms with Crippen molar-refractivity contribution in [1.82, 2.24) is 15.1 Å². The van der Waals surface area contributed by atoms with E-state index >= 15 is 0 Å². The normalized spacial score (nSPS) is 12.1. The summed E-state index contributed by atoms with van der Waals surface area (Å²) in [6.07, 6.45) is 3.21. The minimum atomic E-state index is -1.08. The number of nitrogens with one attached hydrogen (secondary N) is 1. The van der Waals surface area contributed by atoms with Crippen molar-refractivity contribution in [2.75, 3.05) is 13.7 Å². The van der Waals surface area contributed by atoms with Gasteiger partial charge in [-0.3, -0.25) is 9.48 Å². The number of carbonyl (C=O) groups is 2. The van der Waals surface area contributed by atoms with Gasteiger partial charge in [0.25, 0.3) is 5.91 Å². The number of hydrogen-bond acceptors (Lipinski definition) is 4. The number of aryl methyl sites for hydroxylation is 1. The molecule has 18 heavy (non-hydrogen) atoms. The maximum atomic E-state index is 11.8. The average molecular weight is 255 g/mol. The minimum Gasteiger partial charge on any atom is -0.480 e. The van der Waals surface area contributed by atoms with Gasteiger partial charge in [-0.1, -0.05) is 0 Å². The van der Waals surface area contributed by atoms with Gasteiger partial charge >= 0.3 is 5.97 Å². The van der Waals surface area contributed by atoms with Crippen molar-refractivity contribution in [2.45, 2.75) is 25.9 Å². The van der Waals surface area contributed by atoms with Crippen LogP contribution >= 0.6 is 0 Å². The summed E-state index contributed by atoms with van der Waals surface area (Å²) in [7, 11) is 1.48. The van der Waals surface area contributed by atoms with Gasteiger partial charge in [-0.2, -0.15) is 5.10 Å². The zero-order valence-corrected chi connectivity index (χ0v) is 10.4. The second-order valence-corrected chi connectivity index (χ2v) is 3.73. The highest BCUT2D eigenvalue weighted by Gasteiger charge is 2.20. The van der Waals surface area contributed by atoms with Gasteiger partial charge in [0.1, 0.15) is 6.04 Å². The van der Waals surface area contributed by atoms with Crippen LogP contribution in [0.1, 0.15) is 23.7 Å². The third-order valence-electron chi connectivity index (χ3n) is 2.43. The number of aromatic nitrogens is 2. The Bertz CT molecular complexity index is 416. The van der Waals surface area contributed by atoms with E-state index in [4.69, 9.17) is 9.84 Å². The van der Waals surface area contributed by atoms with Gasteiger partial charge in [-0.15, -0.1) is 0 Å². The van der Waals surface area contributed by atoms with Gasteiger partial charge in [0.05, 0.1) is 11.8 Å². The molecule has 7 nitrogen and oxygen atoms in total. The van der Waals surface area contributed by atoms with E-state index in [2.05, 4.69) is 10.4 Å². The second-order valence-electron chi connectivity index (χ2n) is 3.73. The lowest BCUT2D eigenvalue weighted by Crippen LogP contribution is -2.41. The third-order valence-corrected chi connectivity index (χ3v) is 2.43. The summed E-state index contributed by atoms with van der Waals surface area (Å²) in [6.45, 7) is 2.82. The van der Waals surface area contributed by atoms with Crippen LogP contribution in [-0.2, 0) is 16.1 Å². The fraction of sp³-hybridized carbons (Fsp3) is 0.545. The summed E-state index contributed by atoms with van der Waals surface area (Å²) in [5.41, 5.74) is 0.348. The van der Waals surface area contributed by atoms with Crippen molar-refractivity contribution < 1.29 is 19.4 Å². The Morgan fingerprint density at radius 1 is 1.61 bits per heavy atom. The van der Waals surface area contributed by atoms with Gasteiger partial charge in [0.2, 0.25) is 0 Å². The lowest BCUT2D eigenvalue weighted by Gasteiger charge is -2.13. The van der Waals surface area contributed by atoms with Crippen LogP contribution in [0.2, 0.25) is 0 Å². The van der Waals surface area contributed by atoms with Gasteiger partial charge in [0, 0.05) is 32.9 Å². The predicted octanol–water partition coefficient (Wildman–Crippen LogP) is 0.122. The van der Waals surface area contributed by atoms with Crippen LogP contribution in [0.15, 0.2) is 12.4 Å². The molecule has 0 aromatic carbocycles. The molecule has 0 spiro atoms. The van der Waals surface area contributed by atoms with E-state index < -0.39 is 17.9 Å². The van der Waals surface area contributed by atoms with Crippen molar-refractivity contribution in [3.63, 3.8) is 0 Å². The number of carbonyl (C=O) groups excluding carboxylic acids is 1. The summed E-state index contributed by atoms with van der Waals surface area (Å²) in [5, 5.41) is 15.3. The molecule has 0 radical (unpaired) electrons. The molecule has 1 rings (SSSR count). The molecule has 1 atom stereocenters. The molecule has 0 aliphatic rings. The Kier molecular flexibility index (Phi) is 5.31. The highest BCUT2D eigenvalue weighted by atomic mass is 16.5. The van der Waals surface area contributed by atoms with E-state index in [0.717, 1.165) is 0 Å². The van der Waals surface area contributed by atoms with Crippen molar-refractivity contribution >= 4 is 11.9 Å². The Morgan fingerprint density at radius 3 is 2.83 bits per heavy atom. The SMILES string of the molecule is CCn1cc(C(=O)NC(CCOC)C(=O)O)cn1. The fourth-order valence-corrected chi connectivity index (χ4v) is 1.39. The van der Waals surface area contributed by atoms with Crippen molar-refractivity contribution in [3.8, 4) is 0 Å². The fourth-order valence-electron chi connectivity index (χ4n) is 1.39. The Balaban J connectivity index is 2.62. The third kappa shape index (κ3) is 3.85. The first-order chi connectivity index (χ1) is 8.58. The number of ether oxygens (including phenoxy) is 1. The second kappa shape index (κ2) is 6.75. The summed E-state index contributed by atoms with van der Waals surface area (Å²) in [4.78, 5) is 22.7. The highest BCUT2D eigenvalue weighted by Crippen LogP contribution is 2.00. The molecular formula is C11H17N3O4. The molecule has 0 aliphatic heterocycles. The molecule has 1 amide bonds. The Hall–Kier alpha value is -1.89.